The van der Waals surface area contributed by atoms with Crippen molar-refractivity contribution in [2.45, 2.75) is 6.18 Å². The van der Waals surface area contributed by atoms with E-state index < -0.39 is 11.7 Å². The molecule has 0 saturated heterocycles. The molecule has 2 nitrogen and oxygen atoms in total. The third-order valence-corrected chi connectivity index (χ3v) is 1.83. The van der Waals surface area contributed by atoms with Crippen molar-refractivity contribution in [3.8, 4) is 0 Å². The fourth-order valence-electron chi connectivity index (χ4n) is 1.15. The predicted octanol–water partition coefficient (Wildman–Crippen LogP) is 2.65. The minimum atomic E-state index is -4.32. The average Bonchev–Trinajstić information content (AvgIpc) is 2.16. The van der Waals surface area contributed by atoms with Gasteiger partial charge < -0.3 is 0 Å². The molecule has 14 heavy (non-hydrogen) atoms. The summed E-state index contributed by atoms with van der Waals surface area (Å²) in [6, 6.07) is 3.39. The molecule has 0 bridgehead atoms. The van der Waals surface area contributed by atoms with Gasteiger partial charge in [0.25, 0.3) is 0 Å². The fourth-order valence-corrected chi connectivity index (χ4v) is 1.15. The number of hydrogen-bond donors (Lipinski definition) is 0. The molecule has 0 aliphatic heterocycles. The second kappa shape index (κ2) is 2.94. The van der Waals surface area contributed by atoms with Crippen LogP contribution in [-0.2, 0) is 6.18 Å². The highest BCUT2D eigenvalue weighted by Gasteiger charge is 2.30. The summed E-state index contributed by atoms with van der Waals surface area (Å²) < 4.78 is 36.8. The first kappa shape index (κ1) is 8.93. The van der Waals surface area contributed by atoms with Gasteiger partial charge >= 0.3 is 6.18 Å². The lowest BCUT2D eigenvalue weighted by Gasteiger charge is -2.06. The number of nitrogens with zero attached hydrogens (tertiary/aromatic N) is 2. The summed E-state index contributed by atoms with van der Waals surface area (Å²) in [6.45, 7) is 0. The molecule has 0 aliphatic rings. The Morgan fingerprint density at radius 2 is 1.93 bits per heavy atom. The van der Waals surface area contributed by atoms with Crippen LogP contribution < -0.4 is 0 Å². The zero-order valence-electron chi connectivity index (χ0n) is 6.92. The van der Waals surface area contributed by atoms with Crippen molar-refractivity contribution < 1.29 is 13.2 Å². The quantitative estimate of drug-likeness (QED) is 0.650. The molecule has 0 saturated carbocycles. The van der Waals surface area contributed by atoms with Crippen molar-refractivity contribution in [1.29, 1.82) is 0 Å². The van der Waals surface area contributed by atoms with E-state index in [9.17, 15) is 13.2 Å². The van der Waals surface area contributed by atoms with Crippen molar-refractivity contribution in [2.75, 3.05) is 0 Å². The molecule has 0 fully saturated rings. The molecule has 1 aromatic heterocycles. The zero-order valence-corrected chi connectivity index (χ0v) is 6.92. The molecule has 0 amide bonds. The molecule has 0 radical (unpaired) electrons. The Kier molecular flexibility index (Phi) is 1.87. The van der Waals surface area contributed by atoms with Gasteiger partial charge in [0.15, 0.2) is 0 Å². The topological polar surface area (TPSA) is 25.8 Å². The van der Waals surface area contributed by atoms with Gasteiger partial charge in [-0.1, -0.05) is 6.07 Å². The van der Waals surface area contributed by atoms with E-state index >= 15 is 0 Å². The minimum Gasteiger partial charge on any atom is -0.244 e. The SMILES string of the molecule is FC(F)(F)c1ccc2cncnc2c1. The van der Waals surface area contributed by atoms with E-state index in [1.54, 1.807) is 0 Å². The second-order valence-corrected chi connectivity index (χ2v) is 2.79. The predicted molar refractivity (Wildman–Crippen MR) is 44.5 cm³/mol. The van der Waals surface area contributed by atoms with Gasteiger partial charge in [-0.05, 0) is 12.1 Å². The van der Waals surface area contributed by atoms with Gasteiger partial charge in [0.2, 0.25) is 0 Å². The number of rotatable bonds is 0. The first-order valence-corrected chi connectivity index (χ1v) is 3.84. The Morgan fingerprint density at radius 1 is 1.14 bits per heavy atom. The number of fused-ring (bicyclic) bond motifs is 1. The highest BCUT2D eigenvalue weighted by atomic mass is 19.4. The van der Waals surface area contributed by atoms with Gasteiger partial charge in [-0.3, -0.25) is 0 Å². The molecule has 5 heteroatoms. The Bertz CT molecular complexity index is 465. The maximum Gasteiger partial charge on any atom is 0.416 e. The van der Waals surface area contributed by atoms with Gasteiger partial charge in [-0.2, -0.15) is 13.2 Å². The third kappa shape index (κ3) is 1.53. The van der Waals surface area contributed by atoms with E-state index in [1.807, 2.05) is 0 Å². The number of benzene rings is 1. The summed E-state index contributed by atoms with van der Waals surface area (Å²) in [5.41, 5.74) is -0.390. The molecule has 0 atom stereocenters. The van der Waals surface area contributed by atoms with Crippen molar-refractivity contribution in [3.63, 3.8) is 0 Å². The number of halogens is 3. The van der Waals surface area contributed by atoms with Crippen molar-refractivity contribution >= 4 is 10.9 Å². The van der Waals surface area contributed by atoms with Gasteiger partial charge in [0.1, 0.15) is 6.33 Å². The fraction of sp³-hybridized carbons (Fsp3) is 0.111. The van der Waals surface area contributed by atoms with E-state index in [2.05, 4.69) is 9.97 Å². The van der Waals surface area contributed by atoms with E-state index in [-0.39, 0.29) is 0 Å². The van der Waals surface area contributed by atoms with Crippen molar-refractivity contribution in [1.82, 2.24) is 9.97 Å². The third-order valence-electron chi connectivity index (χ3n) is 1.83. The average molecular weight is 198 g/mol. The van der Waals surface area contributed by atoms with Gasteiger partial charge in [0.05, 0.1) is 11.1 Å². The molecular formula is C9H5F3N2. The second-order valence-electron chi connectivity index (χ2n) is 2.79. The number of alkyl halides is 3. The smallest absolute Gasteiger partial charge is 0.244 e. The standard InChI is InChI=1S/C9H5F3N2/c10-9(11,12)7-2-1-6-4-13-5-14-8(6)3-7/h1-5H. The normalized spacial score (nSPS) is 11.9. The molecule has 72 valence electrons. The van der Waals surface area contributed by atoms with Crippen LogP contribution in [0.3, 0.4) is 0 Å². The Hall–Kier alpha value is -1.65. The van der Waals surface area contributed by atoms with Crippen LogP contribution in [-0.4, -0.2) is 9.97 Å². The monoisotopic (exact) mass is 198 g/mol. The lowest BCUT2D eigenvalue weighted by molar-refractivity contribution is -0.137. The number of aromatic nitrogens is 2. The molecule has 0 spiro atoms. The van der Waals surface area contributed by atoms with Gasteiger partial charge in [-0.25, -0.2) is 9.97 Å². The molecule has 2 aromatic rings. The lowest BCUT2D eigenvalue weighted by atomic mass is 10.1. The van der Waals surface area contributed by atoms with Crippen molar-refractivity contribution in [3.05, 3.63) is 36.3 Å². The van der Waals surface area contributed by atoms with Crippen LogP contribution in [0.5, 0.6) is 0 Å². The minimum absolute atomic E-state index is 0.301. The summed E-state index contributed by atoms with van der Waals surface area (Å²) in [7, 11) is 0. The van der Waals surface area contributed by atoms with Crippen molar-refractivity contribution in [2.24, 2.45) is 0 Å². The molecule has 0 aliphatic carbocycles. The Morgan fingerprint density at radius 3 is 2.64 bits per heavy atom. The zero-order chi connectivity index (χ0) is 10.2. The summed E-state index contributed by atoms with van der Waals surface area (Å²) in [6.07, 6.45) is -1.62. The largest absolute Gasteiger partial charge is 0.416 e. The summed E-state index contributed by atoms with van der Waals surface area (Å²) in [5, 5.41) is 0.598. The van der Waals surface area contributed by atoms with Crippen LogP contribution in [0.25, 0.3) is 10.9 Å². The number of hydrogen-bond acceptors (Lipinski definition) is 2. The van der Waals surface area contributed by atoms with E-state index in [0.29, 0.717) is 10.9 Å². The van der Waals surface area contributed by atoms with Crippen LogP contribution in [0, 0.1) is 0 Å². The van der Waals surface area contributed by atoms with E-state index in [4.69, 9.17) is 0 Å². The van der Waals surface area contributed by atoms with Crippen LogP contribution in [0.1, 0.15) is 5.56 Å². The molecule has 2 rings (SSSR count). The summed E-state index contributed by atoms with van der Waals surface area (Å²) >= 11 is 0. The molecule has 1 heterocycles. The summed E-state index contributed by atoms with van der Waals surface area (Å²) in [4.78, 5) is 7.46. The molecule has 1 aromatic carbocycles. The highest BCUT2D eigenvalue weighted by Crippen LogP contribution is 2.30. The maximum absolute atomic E-state index is 12.3. The Labute approximate surface area is 77.4 Å². The van der Waals surface area contributed by atoms with Crippen LogP contribution in [0.2, 0.25) is 0 Å². The van der Waals surface area contributed by atoms with Gasteiger partial charge in [0, 0.05) is 11.6 Å². The lowest BCUT2D eigenvalue weighted by Crippen LogP contribution is -2.04. The highest BCUT2D eigenvalue weighted by molar-refractivity contribution is 5.78. The van der Waals surface area contributed by atoms with E-state index in [1.165, 1.54) is 18.6 Å². The Balaban J connectivity index is 2.63. The molecule has 0 unspecified atom stereocenters. The maximum atomic E-state index is 12.3. The summed E-state index contributed by atoms with van der Waals surface area (Å²) in [5.74, 6) is 0. The van der Waals surface area contributed by atoms with Gasteiger partial charge in [-0.15, -0.1) is 0 Å². The van der Waals surface area contributed by atoms with E-state index in [0.717, 1.165) is 12.1 Å². The van der Waals surface area contributed by atoms with Crippen LogP contribution >= 0.6 is 0 Å². The molecular weight excluding hydrogens is 193 g/mol. The molecule has 0 N–H and O–H groups in total. The van der Waals surface area contributed by atoms with Crippen LogP contribution in [0.15, 0.2) is 30.7 Å². The van der Waals surface area contributed by atoms with Crippen LogP contribution in [0.4, 0.5) is 13.2 Å². The first-order valence-electron chi connectivity index (χ1n) is 3.84. The first-order chi connectivity index (χ1) is 6.57.